The third-order valence-corrected chi connectivity index (χ3v) is 6.96. The molecule has 1 saturated heterocycles. The minimum atomic E-state index is -1.13. The van der Waals surface area contributed by atoms with Crippen molar-refractivity contribution in [1.82, 2.24) is 19.7 Å². The number of nitrogens with zero attached hydrogens (tertiary/aromatic N) is 4. The molecule has 1 aromatic heterocycles. The summed E-state index contributed by atoms with van der Waals surface area (Å²) in [7, 11) is 1.73. The summed E-state index contributed by atoms with van der Waals surface area (Å²) in [4.78, 5) is 29.5. The van der Waals surface area contributed by atoms with Gasteiger partial charge in [0.25, 0.3) is 0 Å². The van der Waals surface area contributed by atoms with E-state index in [2.05, 4.69) is 10.1 Å². The van der Waals surface area contributed by atoms with E-state index in [1.807, 2.05) is 0 Å². The van der Waals surface area contributed by atoms with Crippen LogP contribution in [0.2, 0.25) is 0 Å². The van der Waals surface area contributed by atoms with Crippen LogP contribution in [0, 0.1) is 5.82 Å². The lowest BCUT2D eigenvalue weighted by atomic mass is 10.0. The van der Waals surface area contributed by atoms with E-state index in [1.165, 1.54) is 40.6 Å². The van der Waals surface area contributed by atoms with Crippen LogP contribution in [0.4, 0.5) is 4.39 Å². The number of β-lactam (4-membered cyclic amide) rings is 1. The monoisotopic (exact) mass is 421 g/mol. The van der Waals surface area contributed by atoms with Gasteiger partial charge in [0.2, 0.25) is 5.91 Å². The van der Waals surface area contributed by atoms with Crippen LogP contribution >= 0.6 is 23.5 Å². The first-order valence-corrected chi connectivity index (χ1v) is 10.4. The van der Waals surface area contributed by atoms with Crippen LogP contribution in [-0.2, 0) is 16.6 Å². The Hall–Kier alpha value is -2.37. The topological polar surface area (TPSA) is 114 Å². The molecule has 8 nitrogen and oxygen atoms in total. The molecule has 0 saturated carbocycles. The molecule has 146 valence electrons. The predicted octanol–water partition coefficient (Wildman–Crippen LogP) is 1.29. The molecule has 0 aliphatic carbocycles. The van der Waals surface area contributed by atoms with E-state index in [-0.39, 0.29) is 22.8 Å². The van der Waals surface area contributed by atoms with Crippen molar-refractivity contribution in [2.45, 2.75) is 16.6 Å². The van der Waals surface area contributed by atoms with E-state index in [4.69, 9.17) is 5.73 Å². The summed E-state index contributed by atoms with van der Waals surface area (Å²) in [5.41, 5.74) is 7.11. The number of carboxylic acids is 1. The van der Waals surface area contributed by atoms with Gasteiger partial charge in [-0.15, -0.1) is 11.8 Å². The highest BCUT2D eigenvalue weighted by molar-refractivity contribution is 8.01. The third-order valence-electron chi connectivity index (χ3n) is 4.49. The molecule has 28 heavy (non-hydrogen) atoms. The van der Waals surface area contributed by atoms with E-state index in [0.717, 1.165) is 0 Å². The van der Waals surface area contributed by atoms with Crippen molar-refractivity contribution in [2.24, 2.45) is 12.8 Å². The van der Waals surface area contributed by atoms with Crippen LogP contribution in [0.5, 0.6) is 0 Å². The van der Waals surface area contributed by atoms with Crippen molar-refractivity contribution >= 4 is 35.4 Å². The zero-order valence-electron chi connectivity index (χ0n) is 14.7. The first-order chi connectivity index (χ1) is 13.4. The Kier molecular flexibility index (Phi) is 4.89. The Bertz CT molecular complexity index is 991. The van der Waals surface area contributed by atoms with Crippen molar-refractivity contribution in [2.75, 3.05) is 11.5 Å². The average Bonchev–Trinajstić information content (AvgIpc) is 3.05. The number of carbonyl (C=O) groups is 2. The molecular formula is C17H16FN5O3S2. The number of halogens is 1. The highest BCUT2D eigenvalue weighted by atomic mass is 32.2. The summed E-state index contributed by atoms with van der Waals surface area (Å²) < 4.78 is 14.7. The van der Waals surface area contributed by atoms with Crippen LogP contribution in [0.1, 0.15) is 0 Å². The predicted molar refractivity (Wildman–Crippen MR) is 103 cm³/mol. The molecule has 0 bridgehead atoms. The van der Waals surface area contributed by atoms with Crippen LogP contribution in [0.25, 0.3) is 11.4 Å². The van der Waals surface area contributed by atoms with Gasteiger partial charge in [-0.2, -0.15) is 5.10 Å². The highest BCUT2D eigenvalue weighted by Crippen LogP contribution is 2.40. The fraction of sp³-hybridized carbons (Fsp3) is 0.294. The molecule has 2 aromatic rings. The number of carboxylic acid groups (broad SMARTS) is 1. The maximum Gasteiger partial charge on any atom is 0.352 e. The van der Waals surface area contributed by atoms with E-state index >= 15 is 0 Å². The molecule has 1 fully saturated rings. The van der Waals surface area contributed by atoms with E-state index in [1.54, 1.807) is 23.9 Å². The average molecular weight is 421 g/mol. The number of carbonyl (C=O) groups excluding carboxylic acids is 1. The molecule has 1 unspecified atom stereocenters. The molecule has 2 atom stereocenters. The molecule has 2 aliphatic rings. The van der Waals surface area contributed by atoms with Crippen molar-refractivity contribution in [3.8, 4) is 11.4 Å². The second-order valence-corrected chi connectivity index (χ2v) is 8.38. The van der Waals surface area contributed by atoms with Gasteiger partial charge in [0.15, 0.2) is 11.0 Å². The summed E-state index contributed by atoms with van der Waals surface area (Å²) in [5, 5.41) is 14.2. The summed E-state index contributed by atoms with van der Waals surface area (Å²) in [6, 6.07) is 5.23. The molecule has 0 radical (unpaired) electrons. The number of rotatable bonds is 5. The molecule has 1 amide bonds. The van der Waals surface area contributed by atoms with Gasteiger partial charge in [-0.25, -0.2) is 18.9 Å². The molecule has 11 heteroatoms. The van der Waals surface area contributed by atoms with Crippen LogP contribution in [0.3, 0.4) is 0 Å². The largest absolute Gasteiger partial charge is 0.477 e. The van der Waals surface area contributed by atoms with Crippen LogP contribution in [0.15, 0.2) is 40.7 Å². The Labute approximate surface area is 168 Å². The van der Waals surface area contributed by atoms with E-state index < -0.39 is 12.0 Å². The number of nitrogens with two attached hydrogens (primary N) is 1. The minimum Gasteiger partial charge on any atom is -0.477 e. The Morgan fingerprint density at radius 1 is 1.43 bits per heavy atom. The molecule has 3 N–H and O–H groups in total. The standard InChI is InChI=1S/C17H16FN5O3S2/c1-22-17(20-13(21-22)8-2-4-10(18)5-3-8)28-7-9-6-27-15-11(19)14(24)23(15)12(9)16(25)26/h2-5,11,15H,6-7,19H2,1H3,(H,25,26)/t11-,15?/m1/s1. The number of aryl methyl sites for hydroxylation is 1. The molecule has 0 spiro atoms. The summed E-state index contributed by atoms with van der Waals surface area (Å²) in [6.45, 7) is 0. The molecule has 2 aliphatic heterocycles. The molecule has 1 aromatic carbocycles. The summed E-state index contributed by atoms with van der Waals surface area (Å²) in [6.07, 6.45) is 0. The lowest BCUT2D eigenvalue weighted by molar-refractivity contribution is -0.147. The smallest absolute Gasteiger partial charge is 0.352 e. The van der Waals surface area contributed by atoms with Gasteiger partial charge in [0.1, 0.15) is 22.9 Å². The van der Waals surface area contributed by atoms with Crippen molar-refractivity contribution in [3.63, 3.8) is 0 Å². The SMILES string of the molecule is Cn1nc(-c2ccc(F)cc2)nc1SCC1=C(C(=O)O)N2C(=O)[C@@H](N)C2SC1. The lowest BCUT2D eigenvalue weighted by Gasteiger charge is -2.48. The fourth-order valence-corrected chi connectivity index (χ4v) is 5.40. The summed E-state index contributed by atoms with van der Waals surface area (Å²) >= 11 is 2.80. The number of hydrogen-bond donors (Lipinski definition) is 2. The zero-order valence-corrected chi connectivity index (χ0v) is 16.3. The number of thioether (sulfide) groups is 2. The Morgan fingerprint density at radius 2 is 2.14 bits per heavy atom. The van der Waals surface area contributed by atoms with Gasteiger partial charge in [0, 0.05) is 24.1 Å². The van der Waals surface area contributed by atoms with Crippen molar-refractivity contribution in [1.29, 1.82) is 0 Å². The van der Waals surface area contributed by atoms with E-state index in [0.29, 0.717) is 33.6 Å². The van der Waals surface area contributed by atoms with Gasteiger partial charge >= 0.3 is 5.97 Å². The van der Waals surface area contributed by atoms with Crippen molar-refractivity contribution in [3.05, 3.63) is 41.4 Å². The Balaban J connectivity index is 1.55. The number of benzene rings is 1. The lowest BCUT2D eigenvalue weighted by Crippen LogP contribution is -2.68. The first-order valence-electron chi connectivity index (χ1n) is 8.32. The highest BCUT2D eigenvalue weighted by Gasteiger charge is 2.51. The van der Waals surface area contributed by atoms with Crippen molar-refractivity contribution < 1.29 is 19.1 Å². The molecule has 4 rings (SSSR count). The normalized spacial score (nSPS) is 21.5. The maximum atomic E-state index is 13.1. The maximum absolute atomic E-state index is 13.1. The van der Waals surface area contributed by atoms with Gasteiger partial charge in [-0.3, -0.25) is 9.69 Å². The van der Waals surface area contributed by atoms with Crippen LogP contribution in [-0.4, -0.2) is 59.6 Å². The number of aliphatic carboxylic acids is 1. The second kappa shape index (κ2) is 7.22. The summed E-state index contributed by atoms with van der Waals surface area (Å²) in [5.74, 6) is -0.537. The number of aromatic nitrogens is 3. The Morgan fingerprint density at radius 3 is 2.82 bits per heavy atom. The molecular weight excluding hydrogens is 405 g/mol. The third kappa shape index (κ3) is 3.19. The van der Waals surface area contributed by atoms with Gasteiger partial charge < -0.3 is 10.8 Å². The number of amides is 1. The fourth-order valence-electron chi connectivity index (χ4n) is 3.06. The minimum absolute atomic E-state index is 0.0175. The first kappa shape index (κ1) is 19.0. The van der Waals surface area contributed by atoms with Gasteiger partial charge in [-0.1, -0.05) is 11.8 Å². The van der Waals surface area contributed by atoms with Crippen LogP contribution < -0.4 is 5.73 Å². The quantitative estimate of drug-likeness (QED) is 0.548. The second-order valence-electron chi connectivity index (χ2n) is 6.33. The molecule has 3 heterocycles. The van der Waals surface area contributed by atoms with E-state index in [9.17, 15) is 19.1 Å². The number of fused-ring (bicyclic) bond motifs is 1. The van der Waals surface area contributed by atoms with Gasteiger partial charge in [-0.05, 0) is 29.8 Å². The number of hydrogen-bond acceptors (Lipinski definition) is 7. The van der Waals surface area contributed by atoms with Gasteiger partial charge in [0.05, 0.1) is 0 Å². The zero-order chi connectivity index (χ0) is 20.0.